The van der Waals surface area contributed by atoms with Crippen LogP contribution >= 0.6 is 0 Å². The van der Waals surface area contributed by atoms with Gasteiger partial charge in [-0.05, 0) is 0 Å². The van der Waals surface area contributed by atoms with Gasteiger partial charge in [-0.15, -0.1) is 0 Å². The zero-order valence-corrected chi connectivity index (χ0v) is 10.7. The molecule has 0 fully saturated rings. The molecular formula is GePbS3. The molecule has 0 spiro atoms. The molecule has 0 aliphatic rings. The molecule has 0 saturated heterocycles. The van der Waals surface area contributed by atoms with Gasteiger partial charge in [-0.25, -0.2) is 0 Å². The van der Waals surface area contributed by atoms with Gasteiger partial charge < -0.3 is 40.5 Å². The summed E-state index contributed by atoms with van der Waals surface area (Å²) >= 11 is 0. The molecule has 0 unspecified atom stereocenters. The minimum Gasteiger partial charge on any atom is -2.00 e. The van der Waals surface area contributed by atoms with Gasteiger partial charge >= 0.3 is 44.9 Å². The summed E-state index contributed by atoms with van der Waals surface area (Å²) < 4.78 is 0. The second kappa shape index (κ2) is 31.3. The molecule has 2 radical (unpaired) electrons. The van der Waals surface area contributed by atoms with Gasteiger partial charge in [0.2, 0.25) is 0 Å². The van der Waals surface area contributed by atoms with E-state index in [1.165, 1.54) is 0 Å². The van der Waals surface area contributed by atoms with E-state index in [4.69, 9.17) is 0 Å². The van der Waals surface area contributed by atoms with Gasteiger partial charge in [0.15, 0.2) is 0 Å². The SMILES string of the molecule is [Ge+4].[Pb+2].[S-2].[S-2].[S-2]. The van der Waals surface area contributed by atoms with Crippen LogP contribution in [0.1, 0.15) is 0 Å². The van der Waals surface area contributed by atoms with Gasteiger partial charge in [-0.2, -0.15) is 0 Å². The topological polar surface area (TPSA) is 0 Å². The van der Waals surface area contributed by atoms with Crippen LogP contribution in [-0.2, 0) is 40.5 Å². The third-order valence-electron chi connectivity index (χ3n) is 0. The van der Waals surface area contributed by atoms with Crippen LogP contribution in [-0.4, -0.2) is 44.9 Å². The zero-order chi connectivity index (χ0) is 0. The van der Waals surface area contributed by atoms with Crippen LogP contribution in [0.4, 0.5) is 0 Å². The Morgan fingerprint density at radius 1 is 0.600 bits per heavy atom. The number of hydrogen-bond acceptors (Lipinski definition) is 0. The molecule has 0 N–H and O–H groups in total. The van der Waals surface area contributed by atoms with Gasteiger partial charge in [0.25, 0.3) is 0 Å². The second-order valence-corrected chi connectivity index (χ2v) is 0. The van der Waals surface area contributed by atoms with Gasteiger partial charge in [0.05, 0.1) is 0 Å². The fourth-order valence-corrected chi connectivity index (χ4v) is 0. The maximum atomic E-state index is 0. The van der Waals surface area contributed by atoms with Crippen molar-refractivity contribution >= 4 is 85.4 Å². The molecule has 0 rings (SSSR count). The maximum absolute atomic E-state index is 0. The van der Waals surface area contributed by atoms with Crippen LogP contribution in [0.15, 0.2) is 0 Å². The first-order chi connectivity index (χ1) is 0. The summed E-state index contributed by atoms with van der Waals surface area (Å²) in [7, 11) is 0. The van der Waals surface area contributed by atoms with Crippen LogP contribution in [0.3, 0.4) is 0 Å². The molecule has 0 bridgehead atoms. The van der Waals surface area contributed by atoms with Crippen molar-refractivity contribution in [3.63, 3.8) is 0 Å². The van der Waals surface area contributed by atoms with Crippen molar-refractivity contribution in [3.05, 3.63) is 0 Å². The predicted octanol–water partition coefficient (Wildman–Crippen LogP) is -0.769. The Labute approximate surface area is 84.3 Å². The molecule has 0 amide bonds. The summed E-state index contributed by atoms with van der Waals surface area (Å²) in [4.78, 5) is 0. The zero-order valence-electron chi connectivity index (χ0n) is 2.22. The van der Waals surface area contributed by atoms with E-state index in [0.717, 1.165) is 0 Å². The average Bonchev–Trinajstić information content (AvgIpc) is 0. The Balaban J connectivity index is 0. The molecule has 0 heterocycles. The number of rotatable bonds is 0. The van der Waals surface area contributed by atoms with Gasteiger partial charge in [-0.1, -0.05) is 0 Å². The first-order valence-corrected chi connectivity index (χ1v) is 0. The van der Waals surface area contributed by atoms with Crippen LogP contribution in [0.25, 0.3) is 0 Å². The van der Waals surface area contributed by atoms with Gasteiger partial charge in [0.1, 0.15) is 0 Å². The van der Waals surface area contributed by atoms with Gasteiger partial charge in [-0.3, -0.25) is 0 Å². The third kappa shape index (κ3) is 21.0. The Morgan fingerprint density at radius 3 is 0.600 bits per heavy atom. The maximum Gasteiger partial charge on any atom is 4.00 e. The number of hydrogen-bond donors (Lipinski definition) is 0. The minimum atomic E-state index is 0. The van der Waals surface area contributed by atoms with E-state index >= 15 is 0 Å². The summed E-state index contributed by atoms with van der Waals surface area (Å²) in [5.74, 6) is 0. The Morgan fingerprint density at radius 2 is 0.600 bits per heavy atom. The van der Waals surface area contributed by atoms with Crippen LogP contribution in [0.5, 0.6) is 0 Å². The molecule has 0 saturated carbocycles. The van der Waals surface area contributed by atoms with Crippen molar-refractivity contribution in [2.45, 2.75) is 0 Å². The quantitative estimate of drug-likeness (QED) is 0.488. The Hall–Kier alpha value is 2.51. The largest absolute Gasteiger partial charge is 4.00 e. The van der Waals surface area contributed by atoms with E-state index in [0.29, 0.717) is 0 Å². The smallest absolute Gasteiger partial charge is 2.00 e. The molecule has 0 aliphatic heterocycles. The predicted molar refractivity (Wildman–Crippen MR) is 33.6 cm³/mol. The molecule has 0 aromatic rings. The van der Waals surface area contributed by atoms with Crippen LogP contribution in [0, 0.1) is 0 Å². The van der Waals surface area contributed by atoms with Crippen molar-refractivity contribution in [3.8, 4) is 0 Å². The molecule has 0 atom stereocenters. The van der Waals surface area contributed by atoms with Crippen molar-refractivity contribution in [2.75, 3.05) is 0 Å². The molecule has 5 heteroatoms. The minimum absolute atomic E-state index is 0. The van der Waals surface area contributed by atoms with E-state index in [1.54, 1.807) is 0 Å². The molecule has 0 nitrogen and oxygen atoms in total. The second-order valence-electron chi connectivity index (χ2n) is 0. The first kappa shape index (κ1) is 50.4. The average molecular weight is 376 g/mol. The van der Waals surface area contributed by atoms with Gasteiger partial charge in [0, 0.05) is 0 Å². The molecular weight excluding hydrogens is 376 g/mol. The summed E-state index contributed by atoms with van der Waals surface area (Å²) in [6.45, 7) is 0. The molecule has 5 heavy (non-hydrogen) atoms. The monoisotopic (exact) mass is 378 g/mol. The van der Waals surface area contributed by atoms with E-state index in [9.17, 15) is 0 Å². The summed E-state index contributed by atoms with van der Waals surface area (Å²) in [5.41, 5.74) is 0. The molecule has 0 aromatic carbocycles. The summed E-state index contributed by atoms with van der Waals surface area (Å²) in [6.07, 6.45) is 0. The summed E-state index contributed by atoms with van der Waals surface area (Å²) in [6, 6.07) is 0. The van der Waals surface area contributed by atoms with E-state index in [-0.39, 0.29) is 85.4 Å². The van der Waals surface area contributed by atoms with Crippen molar-refractivity contribution in [1.82, 2.24) is 0 Å². The Kier molecular flexibility index (Phi) is 316. The van der Waals surface area contributed by atoms with E-state index in [2.05, 4.69) is 0 Å². The normalized spacial score (nSPS) is 0. The van der Waals surface area contributed by atoms with Crippen molar-refractivity contribution in [1.29, 1.82) is 0 Å². The van der Waals surface area contributed by atoms with Crippen LogP contribution < -0.4 is 0 Å². The third-order valence-corrected chi connectivity index (χ3v) is 0. The van der Waals surface area contributed by atoms with Crippen molar-refractivity contribution < 1.29 is 0 Å². The molecule has 0 aromatic heterocycles. The fourth-order valence-electron chi connectivity index (χ4n) is 0. The van der Waals surface area contributed by atoms with E-state index in [1.807, 2.05) is 0 Å². The van der Waals surface area contributed by atoms with Crippen molar-refractivity contribution in [2.24, 2.45) is 0 Å². The van der Waals surface area contributed by atoms with E-state index < -0.39 is 0 Å². The first-order valence-electron chi connectivity index (χ1n) is 0. The van der Waals surface area contributed by atoms with Crippen LogP contribution in [0.2, 0.25) is 0 Å². The standard InChI is InChI=1S/Ge.Pb.3S/q+4;+2;3*-2. The Bertz CT molecular complexity index is 6.85. The molecule has 0 aliphatic carbocycles. The summed E-state index contributed by atoms with van der Waals surface area (Å²) in [5, 5.41) is 0. The fraction of sp³-hybridized carbons (Fsp3) is 0. The molecule has 26 valence electrons.